The monoisotopic (exact) mass is 410 g/mol. The van der Waals surface area contributed by atoms with Crippen LogP contribution >= 0.6 is 0 Å². The van der Waals surface area contributed by atoms with Gasteiger partial charge in [-0.25, -0.2) is 4.79 Å². The average molecular weight is 410 g/mol. The Labute approximate surface area is 169 Å². The van der Waals surface area contributed by atoms with Gasteiger partial charge in [0.15, 0.2) is 11.9 Å². The van der Waals surface area contributed by atoms with Crippen LogP contribution in [0.5, 0.6) is 0 Å². The Morgan fingerprint density at radius 1 is 1.17 bits per heavy atom. The molecule has 0 radical (unpaired) electrons. The van der Waals surface area contributed by atoms with Crippen molar-refractivity contribution >= 4 is 17.7 Å². The van der Waals surface area contributed by atoms with Crippen molar-refractivity contribution in [3.8, 4) is 0 Å². The van der Waals surface area contributed by atoms with Gasteiger partial charge < -0.3 is 24.8 Å². The molecule has 3 aliphatic rings. The maximum atomic E-state index is 12.4. The lowest BCUT2D eigenvalue weighted by Crippen LogP contribution is -2.35. The summed E-state index contributed by atoms with van der Waals surface area (Å²) in [6.45, 7) is 1.36. The fourth-order valence-corrected chi connectivity index (χ4v) is 4.77. The van der Waals surface area contributed by atoms with Gasteiger partial charge in [-0.1, -0.05) is 19.8 Å². The van der Waals surface area contributed by atoms with Gasteiger partial charge >= 0.3 is 11.9 Å². The highest BCUT2D eigenvalue weighted by atomic mass is 16.6. The summed E-state index contributed by atoms with van der Waals surface area (Å²) in [5.41, 5.74) is 0. The highest BCUT2D eigenvalue weighted by Crippen LogP contribution is 2.39. The zero-order valence-corrected chi connectivity index (χ0v) is 16.7. The molecule has 0 aromatic heterocycles. The van der Waals surface area contributed by atoms with Crippen LogP contribution in [0.3, 0.4) is 0 Å². The van der Waals surface area contributed by atoms with E-state index in [1.54, 1.807) is 6.92 Å². The van der Waals surface area contributed by atoms with Gasteiger partial charge in [-0.2, -0.15) is 0 Å². The van der Waals surface area contributed by atoms with Crippen molar-refractivity contribution in [2.24, 2.45) is 23.7 Å². The second-order valence-corrected chi connectivity index (χ2v) is 8.62. The van der Waals surface area contributed by atoms with E-state index in [0.717, 1.165) is 51.4 Å². The number of carbonyl (C=O) groups excluding carboxylic acids is 3. The molecule has 8 nitrogen and oxygen atoms in total. The third-order valence-electron chi connectivity index (χ3n) is 6.70. The number of rotatable bonds is 7. The minimum atomic E-state index is -1.46. The molecule has 8 heteroatoms. The summed E-state index contributed by atoms with van der Waals surface area (Å²) in [6.07, 6.45) is 4.66. The van der Waals surface area contributed by atoms with Crippen molar-refractivity contribution in [1.29, 1.82) is 0 Å². The fourth-order valence-electron chi connectivity index (χ4n) is 4.77. The van der Waals surface area contributed by atoms with Gasteiger partial charge in [-0.15, -0.1) is 0 Å². The average Bonchev–Trinajstić information content (AvgIpc) is 3.23. The molecule has 3 rings (SSSR count). The molecule has 0 amide bonds. The first-order valence-electron chi connectivity index (χ1n) is 10.5. The van der Waals surface area contributed by atoms with Gasteiger partial charge in [0.05, 0.1) is 5.92 Å². The number of hydrogen-bond acceptors (Lipinski definition) is 8. The largest absolute Gasteiger partial charge is 0.505 e. The lowest BCUT2D eigenvalue weighted by Gasteiger charge is -2.32. The molecular weight excluding hydrogens is 380 g/mol. The molecule has 0 aromatic carbocycles. The van der Waals surface area contributed by atoms with Gasteiger partial charge in [-0.05, 0) is 43.9 Å². The molecule has 2 unspecified atom stereocenters. The van der Waals surface area contributed by atoms with Crippen LogP contribution in [0.4, 0.5) is 0 Å². The Balaban J connectivity index is 1.40. The molecule has 29 heavy (non-hydrogen) atoms. The first kappa shape index (κ1) is 21.6. The number of ether oxygens (including phenoxy) is 2. The topological polar surface area (TPSA) is 130 Å². The van der Waals surface area contributed by atoms with Gasteiger partial charge in [-0.3, -0.25) is 9.59 Å². The molecule has 0 bridgehead atoms. The number of ketones is 1. The Bertz CT molecular complexity index is 676. The van der Waals surface area contributed by atoms with Crippen LogP contribution in [0.2, 0.25) is 0 Å². The van der Waals surface area contributed by atoms with E-state index in [0.29, 0.717) is 11.7 Å². The van der Waals surface area contributed by atoms with E-state index in [9.17, 15) is 29.7 Å². The predicted molar refractivity (Wildman–Crippen MR) is 101 cm³/mol. The molecule has 0 spiro atoms. The molecule has 3 N–H and O–H groups in total. The van der Waals surface area contributed by atoms with E-state index in [1.807, 2.05) is 0 Å². The first-order valence-corrected chi connectivity index (χ1v) is 10.5. The maximum absolute atomic E-state index is 12.4. The Morgan fingerprint density at radius 3 is 2.41 bits per heavy atom. The summed E-state index contributed by atoms with van der Waals surface area (Å²) < 4.78 is 9.81. The summed E-state index contributed by atoms with van der Waals surface area (Å²) >= 11 is 0. The minimum absolute atomic E-state index is 0.192. The van der Waals surface area contributed by atoms with E-state index in [1.165, 1.54) is 0 Å². The molecule has 162 valence electrons. The smallest absolute Gasteiger partial charge is 0.377 e. The molecule has 2 saturated carbocycles. The SMILES string of the molecule is CC(C(=O)OC[C@H](O)[C@H]1OC(=O)C(O)=C1O)C1CCC(CC2CCCC2=O)CC1. The normalized spacial score (nSPS) is 32.2. The molecule has 0 aromatic rings. The Kier molecular flexibility index (Phi) is 6.82. The summed E-state index contributed by atoms with van der Waals surface area (Å²) in [7, 11) is 0. The van der Waals surface area contributed by atoms with Crippen LogP contribution in [0.25, 0.3) is 0 Å². The number of aliphatic hydroxyl groups is 3. The predicted octanol–water partition coefficient (Wildman–Crippen LogP) is 2.35. The summed E-state index contributed by atoms with van der Waals surface area (Å²) in [5, 5.41) is 28.8. The lowest BCUT2D eigenvalue weighted by molar-refractivity contribution is -0.158. The standard InChI is InChI=1S/C21H30O8/c1-11(13-7-5-12(6-8-13)9-14-3-2-4-15(14)22)20(26)28-10-16(23)19-17(24)18(25)21(27)29-19/h11-14,16,19,23-25H,2-10H2,1H3/t11?,12?,13?,14?,16-,19+/m0/s1. The number of esters is 2. The summed E-state index contributed by atoms with van der Waals surface area (Å²) in [6, 6.07) is 0. The molecule has 2 aliphatic carbocycles. The molecule has 4 atom stereocenters. The number of carbonyl (C=O) groups is 3. The van der Waals surface area contributed by atoms with Crippen LogP contribution in [0.1, 0.15) is 58.3 Å². The van der Waals surface area contributed by atoms with E-state index in [-0.39, 0.29) is 17.8 Å². The van der Waals surface area contributed by atoms with Crippen molar-refractivity contribution in [2.75, 3.05) is 6.61 Å². The lowest BCUT2D eigenvalue weighted by atomic mass is 9.73. The van der Waals surface area contributed by atoms with Crippen molar-refractivity contribution in [1.82, 2.24) is 0 Å². The molecular formula is C21H30O8. The zero-order chi connectivity index (χ0) is 21.1. The minimum Gasteiger partial charge on any atom is -0.505 e. The van der Waals surface area contributed by atoms with Crippen LogP contribution in [0.15, 0.2) is 11.5 Å². The van der Waals surface area contributed by atoms with E-state index in [4.69, 9.17) is 4.74 Å². The number of Topliss-reactive ketones (excluding diaryl/α,β-unsaturated/α-hetero) is 1. The number of hydrogen-bond donors (Lipinski definition) is 3. The molecule has 1 heterocycles. The third kappa shape index (κ3) is 4.91. The van der Waals surface area contributed by atoms with Gasteiger partial charge in [0.2, 0.25) is 5.76 Å². The van der Waals surface area contributed by atoms with Crippen LogP contribution < -0.4 is 0 Å². The number of cyclic esters (lactones) is 1. The summed E-state index contributed by atoms with van der Waals surface area (Å²) in [4.78, 5) is 35.4. The van der Waals surface area contributed by atoms with Crippen molar-refractivity contribution in [3.63, 3.8) is 0 Å². The first-order chi connectivity index (χ1) is 13.8. The van der Waals surface area contributed by atoms with E-state index >= 15 is 0 Å². The number of aliphatic hydroxyl groups excluding tert-OH is 3. The molecule has 1 aliphatic heterocycles. The van der Waals surface area contributed by atoms with Crippen molar-refractivity contribution < 1.29 is 39.2 Å². The highest BCUT2D eigenvalue weighted by Gasteiger charge is 2.40. The van der Waals surface area contributed by atoms with Crippen molar-refractivity contribution in [3.05, 3.63) is 11.5 Å². The Hall–Kier alpha value is -2.09. The van der Waals surface area contributed by atoms with Crippen LogP contribution in [-0.2, 0) is 23.9 Å². The van der Waals surface area contributed by atoms with E-state index < -0.39 is 42.3 Å². The second kappa shape index (κ2) is 9.15. The van der Waals surface area contributed by atoms with Gasteiger partial charge in [0.25, 0.3) is 0 Å². The maximum Gasteiger partial charge on any atom is 0.377 e. The van der Waals surface area contributed by atoms with Crippen molar-refractivity contribution in [2.45, 2.75) is 70.5 Å². The van der Waals surface area contributed by atoms with Gasteiger partial charge in [0.1, 0.15) is 18.5 Å². The Morgan fingerprint density at radius 2 is 1.86 bits per heavy atom. The molecule has 0 saturated heterocycles. The third-order valence-corrected chi connectivity index (χ3v) is 6.70. The molecule has 2 fully saturated rings. The second-order valence-electron chi connectivity index (χ2n) is 8.62. The zero-order valence-electron chi connectivity index (χ0n) is 16.7. The van der Waals surface area contributed by atoms with Gasteiger partial charge in [0, 0.05) is 12.3 Å². The van der Waals surface area contributed by atoms with Crippen LogP contribution in [-0.4, -0.2) is 51.9 Å². The highest BCUT2D eigenvalue weighted by molar-refractivity contribution is 5.89. The summed E-state index contributed by atoms with van der Waals surface area (Å²) in [5.74, 6) is -2.23. The fraction of sp³-hybridized carbons (Fsp3) is 0.762. The van der Waals surface area contributed by atoms with E-state index in [2.05, 4.69) is 4.74 Å². The van der Waals surface area contributed by atoms with Crippen LogP contribution in [0, 0.1) is 23.7 Å². The quantitative estimate of drug-likeness (QED) is 0.545.